The first-order chi connectivity index (χ1) is 9.31. The maximum absolute atomic E-state index is 5.89. The minimum atomic E-state index is 0.751. The number of nitrogens with one attached hydrogen (secondary N) is 1. The molecule has 1 N–H and O–H groups in total. The van der Waals surface area contributed by atoms with Gasteiger partial charge in [-0.25, -0.2) is 0 Å². The van der Waals surface area contributed by atoms with Gasteiger partial charge in [-0.1, -0.05) is 32.8 Å². The lowest BCUT2D eigenvalue weighted by molar-refractivity contribution is 0.292. The molecule has 0 unspecified atom stereocenters. The predicted octanol–water partition coefficient (Wildman–Crippen LogP) is 3.76. The molecule has 0 saturated carbocycles. The summed E-state index contributed by atoms with van der Waals surface area (Å²) in [7, 11) is 1.95. The summed E-state index contributed by atoms with van der Waals surface area (Å²) in [5.74, 6) is 1.84. The van der Waals surface area contributed by atoms with Crippen LogP contribution in [-0.2, 0) is 6.54 Å². The summed E-state index contributed by atoms with van der Waals surface area (Å²) in [5.41, 5.74) is 1.18. The molecule has 19 heavy (non-hydrogen) atoms. The number of hydrogen-bond donors (Lipinski definition) is 1. The number of hydrogen-bond acceptors (Lipinski definition) is 3. The van der Waals surface area contributed by atoms with Crippen molar-refractivity contribution in [1.82, 2.24) is 5.32 Å². The van der Waals surface area contributed by atoms with Crippen LogP contribution in [0.25, 0.3) is 0 Å². The van der Waals surface area contributed by atoms with Crippen LogP contribution in [0.4, 0.5) is 0 Å². The third-order valence-electron chi connectivity index (χ3n) is 2.88. The fraction of sp³-hybridized carbons (Fsp3) is 0.625. The fourth-order valence-corrected chi connectivity index (χ4v) is 1.85. The van der Waals surface area contributed by atoms with Crippen LogP contribution in [0.1, 0.15) is 45.1 Å². The van der Waals surface area contributed by atoms with Crippen LogP contribution < -0.4 is 14.8 Å². The van der Waals surface area contributed by atoms with Crippen LogP contribution in [-0.4, -0.2) is 20.3 Å². The molecule has 0 aromatic heterocycles. The molecule has 0 spiro atoms. The van der Waals surface area contributed by atoms with Gasteiger partial charge in [0, 0.05) is 18.2 Å². The first-order valence-electron chi connectivity index (χ1n) is 7.34. The van der Waals surface area contributed by atoms with E-state index in [1.165, 1.54) is 18.4 Å². The van der Waals surface area contributed by atoms with E-state index in [0.29, 0.717) is 0 Å². The predicted molar refractivity (Wildman–Crippen MR) is 80.0 cm³/mol. The van der Waals surface area contributed by atoms with Crippen molar-refractivity contribution in [2.75, 3.05) is 20.3 Å². The van der Waals surface area contributed by atoms with E-state index in [-0.39, 0.29) is 0 Å². The molecule has 0 fully saturated rings. The minimum Gasteiger partial charge on any atom is -0.493 e. The molecule has 0 aliphatic rings. The monoisotopic (exact) mass is 265 g/mol. The Morgan fingerprint density at radius 1 is 1.00 bits per heavy atom. The molecule has 3 nitrogen and oxygen atoms in total. The molecular weight excluding hydrogens is 238 g/mol. The highest BCUT2D eigenvalue weighted by Crippen LogP contribution is 2.25. The van der Waals surface area contributed by atoms with Gasteiger partial charge in [0.2, 0.25) is 0 Å². The quantitative estimate of drug-likeness (QED) is 0.653. The number of ether oxygens (including phenoxy) is 2. The second-order valence-corrected chi connectivity index (χ2v) is 4.70. The Morgan fingerprint density at radius 2 is 1.84 bits per heavy atom. The molecule has 0 saturated heterocycles. The van der Waals surface area contributed by atoms with Gasteiger partial charge in [-0.15, -0.1) is 0 Å². The van der Waals surface area contributed by atoms with Gasteiger partial charge in [-0.2, -0.15) is 0 Å². The molecule has 0 bridgehead atoms. The minimum absolute atomic E-state index is 0.751. The zero-order chi connectivity index (χ0) is 13.9. The summed E-state index contributed by atoms with van der Waals surface area (Å²) >= 11 is 0. The first-order valence-corrected chi connectivity index (χ1v) is 7.34. The summed E-state index contributed by atoms with van der Waals surface area (Å²) in [6.45, 7) is 6.66. The average molecular weight is 265 g/mol. The molecule has 1 aromatic carbocycles. The number of rotatable bonds is 10. The van der Waals surface area contributed by atoms with Crippen molar-refractivity contribution in [1.29, 1.82) is 0 Å². The lowest BCUT2D eigenvalue weighted by Gasteiger charge is -2.13. The van der Waals surface area contributed by atoms with E-state index in [9.17, 15) is 0 Å². The molecule has 1 aromatic rings. The van der Waals surface area contributed by atoms with Gasteiger partial charge < -0.3 is 14.8 Å². The molecule has 0 heterocycles. The van der Waals surface area contributed by atoms with Crippen molar-refractivity contribution in [2.24, 2.45) is 0 Å². The highest BCUT2D eigenvalue weighted by Gasteiger charge is 2.05. The lowest BCUT2D eigenvalue weighted by Crippen LogP contribution is -2.08. The van der Waals surface area contributed by atoms with Gasteiger partial charge in [0.1, 0.15) is 11.5 Å². The van der Waals surface area contributed by atoms with Crippen LogP contribution in [0.2, 0.25) is 0 Å². The van der Waals surface area contributed by atoms with Gasteiger partial charge >= 0.3 is 0 Å². The Morgan fingerprint density at radius 3 is 2.53 bits per heavy atom. The molecule has 0 radical (unpaired) electrons. The summed E-state index contributed by atoms with van der Waals surface area (Å²) < 4.78 is 11.5. The Labute approximate surface area is 117 Å². The summed E-state index contributed by atoms with van der Waals surface area (Å²) in [6, 6.07) is 6.10. The zero-order valence-electron chi connectivity index (χ0n) is 12.5. The van der Waals surface area contributed by atoms with E-state index in [0.717, 1.165) is 44.1 Å². The maximum atomic E-state index is 5.89. The van der Waals surface area contributed by atoms with Gasteiger partial charge in [0.05, 0.1) is 13.2 Å². The van der Waals surface area contributed by atoms with Crippen LogP contribution in [0.15, 0.2) is 18.2 Å². The SMILES string of the molecule is CCCCCOc1cc(OCCC)ccc1CNC. The van der Waals surface area contributed by atoms with Crippen molar-refractivity contribution in [2.45, 2.75) is 46.1 Å². The molecule has 0 atom stereocenters. The second-order valence-electron chi connectivity index (χ2n) is 4.70. The van der Waals surface area contributed by atoms with Crippen LogP contribution in [0.5, 0.6) is 11.5 Å². The topological polar surface area (TPSA) is 30.5 Å². The molecule has 0 aliphatic heterocycles. The number of unbranched alkanes of at least 4 members (excludes halogenated alkanes) is 2. The Bertz CT molecular complexity index is 353. The lowest BCUT2D eigenvalue weighted by atomic mass is 10.2. The molecule has 108 valence electrons. The summed E-state index contributed by atoms with van der Waals surface area (Å²) in [6.07, 6.45) is 4.56. The fourth-order valence-electron chi connectivity index (χ4n) is 1.85. The van der Waals surface area contributed by atoms with Crippen molar-refractivity contribution >= 4 is 0 Å². The first kappa shape index (κ1) is 15.8. The second kappa shape index (κ2) is 9.68. The van der Waals surface area contributed by atoms with Crippen molar-refractivity contribution in [3.8, 4) is 11.5 Å². The van der Waals surface area contributed by atoms with E-state index >= 15 is 0 Å². The van der Waals surface area contributed by atoms with Crippen molar-refractivity contribution < 1.29 is 9.47 Å². The summed E-state index contributed by atoms with van der Waals surface area (Å²) in [5, 5.41) is 3.17. The van der Waals surface area contributed by atoms with E-state index in [1.807, 2.05) is 19.2 Å². The van der Waals surface area contributed by atoms with E-state index in [1.54, 1.807) is 0 Å². The average Bonchev–Trinajstić information content (AvgIpc) is 2.43. The van der Waals surface area contributed by atoms with Crippen molar-refractivity contribution in [3.05, 3.63) is 23.8 Å². The Kier molecular flexibility index (Phi) is 8.07. The molecule has 1 rings (SSSR count). The summed E-state index contributed by atoms with van der Waals surface area (Å²) in [4.78, 5) is 0. The molecule has 0 aliphatic carbocycles. The van der Waals surface area contributed by atoms with Gasteiger partial charge in [-0.05, 0) is 26.0 Å². The standard InChI is InChI=1S/C16H27NO2/c1-4-6-7-11-19-16-12-15(18-10-5-2)9-8-14(16)13-17-3/h8-9,12,17H,4-7,10-11,13H2,1-3H3. The van der Waals surface area contributed by atoms with Gasteiger partial charge in [0.15, 0.2) is 0 Å². The zero-order valence-corrected chi connectivity index (χ0v) is 12.5. The van der Waals surface area contributed by atoms with Crippen LogP contribution in [0, 0.1) is 0 Å². The number of benzene rings is 1. The van der Waals surface area contributed by atoms with E-state index in [4.69, 9.17) is 9.47 Å². The highest BCUT2D eigenvalue weighted by atomic mass is 16.5. The highest BCUT2D eigenvalue weighted by molar-refractivity contribution is 5.40. The largest absolute Gasteiger partial charge is 0.493 e. The normalized spacial score (nSPS) is 10.5. The van der Waals surface area contributed by atoms with Gasteiger partial charge in [0.25, 0.3) is 0 Å². The van der Waals surface area contributed by atoms with Crippen LogP contribution >= 0.6 is 0 Å². The third-order valence-corrected chi connectivity index (χ3v) is 2.88. The van der Waals surface area contributed by atoms with Crippen LogP contribution in [0.3, 0.4) is 0 Å². The van der Waals surface area contributed by atoms with E-state index in [2.05, 4.69) is 25.2 Å². The maximum Gasteiger partial charge on any atom is 0.127 e. The molecular formula is C16H27NO2. The Balaban J connectivity index is 2.65. The Hall–Kier alpha value is -1.22. The molecule has 3 heteroatoms. The van der Waals surface area contributed by atoms with E-state index < -0.39 is 0 Å². The van der Waals surface area contributed by atoms with Crippen molar-refractivity contribution in [3.63, 3.8) is 0 Å². The third kappa shape index (κ3) is 5.97. The van der Waals surface area contributed by atoms with Gasteiger partial charge in [-0.3, -0.25) is 0 Å². The molecule has 0 amide bonds. The smallest absolute Gasteiger partial charge is 0.127 e.